The van der Waals surface area contributed by atoms with E-state index in [4.69, 9.17) is 9.94 Å². The van der Waals surface area contributed by atoms with E-state index in [0.717, 1.165) is 6.54 Å². The fourth-order valence-corrected chi connectivity index (χ4v) is 1.18. The molecule has 0 aromatic carbocycles. The number of aromatic nitrogens is 2. The topological polar surface area (TPSA) is 87.6 Å². The lowest BCUT2D eigenvalue weighted by atomic mass is 10.1. The largest absolute Gasteiger partial charge is 0.462 e. The van der Waals surface area contributed by atoms with Crippen molar-refractivity contribution in [3.8, 4) is 6.01 Å². The van der Waals surface area contributed by atoms with E-state index in [-0.39, 0.29) is 17.1 Å². The molecule has 7 nitrogen and oxygen atoms in total. The van der Waals surface area contributed by atoms with Crippen molar-refractivity contribution in [1.29, 1.82) is 0 Å². The second kappa shape index (κ2) is 6.44. The van der Waals surface area contributed by atoms with Gasteiger partial charge in [-0.2, -0.15) is 0 Å². The first-order valence-electron chi connectivity index (χ1n) is 5.95. The number of amides is 1. The van der Waals surface area contributed by atoms with Gasteiger partial charge in [0.1, 0.15) is 6.61 Å². The van der Waals surface area contributed by atoms with E-state index in [1.807, 2.05) is 7.05 Å². The minimum atomic E-state index is -0.654. The van der Waals surface area contributed by atoms with Gasteiger partial charge in [-0.15, -0.1) is 0 Å². The number of hydrogen-bond donors (Lipinski definition) is 2. The Morgan fingerprint density at radius 3 is 2.47 bits per heavy atom. The van der Waals surface area contributed by atoms with Crippen LogP contribution in [0.5, 0.6) is 6.01 Å². The smallest absolute Gasteiger partial charge is 0.316 e. The normalized spacial score (nSPS) is 11.5. The molecule has 0 aliphatic heterocycles. The molecule has 0 fully saturated rings. The maximum Gasteiger partial charge on any atom is 0.316 e. The van der Waals surface area contributed by atoms with E-state index >= 15 is 0 Å². The molecule has 7 heteroatoms. The summed E-state index contributed by atoms with van der Waals surface area (Å²) in [5, 5.41) is 8.44. The molecule has 106 valence electrons. The van der Waals surface area contributed by atoms with Crippen molar-refractivity contribution in [2.24, 2.45) is 0 Å². The van der Waals surface area contributed by atoms with Crippen molar-refractivity contribution < 1.29 is 14.7 Å². The molecule has 1 heterocycles. The summed E-state index contributed by atoms with van der Waals surface area (Å²) < 4.78 is 5.38. The summed E-state index contributed by atoms with van der Waals surface area (Å²) in [6, 6.07) is 0.205. The zero-order valence-corrected chi connectivity index (χ0v) is 11.7. The molecule has 1 amide bonds. The van der Waals surface area contributed by atoms with Crippen LogP contribution in [0.4, 0.5) is 0 Å². The third-order valence-electron chi connectivity index (χ3n) is 2.79. The monoisotopic (exact) mass is 268 g/mol. The van der Waals surface area contributed by atoms with Crippen LogP contribution in [0.15, 0.2) is 12.4 Å². The Labute approximate surface area is 112 Å². The predicted octanol–water partition coefficient (Wildman–Crippen LogP) is 0.705. The van der Waals surface area contributed by atoms with Crippen LogP contribution >= 0.6 is 0 Å². The van der Waals surface area contributed by atoms with Gasteiger partial charge in [0.25, 0.3) is 5.91 Å². The number of carbonyl (C=O) groups is 1. The van der Waals surface area contributed by atoms with Crippen molar-refractivity contribution in [2.45, 2.75) is 26.3 Å². The van der Waals surface area contributed by atoms with Crippen LogP contribution in [0.3, 0.4) is 0 Å². The summed E-state index contributed by atoms with van der Waals surface area (Å²) in [4.78, 5) is 21.0. The Hall–Kier alpha value is -1.73. The highest BCUT2D eigenvalue weighted by Gasteiger charge is 2.16. The number of hydrogen-bond acceptors (Lipinski definition) is 6. The van der Waals surface area contributed by atoms with Crippen LogP contribution in [0.25, 0.3) is 0 Å². The van der Waals surface area contributed by atoms with E-state index in [2.05, 4.69) is 35.6 Å². The number of nitrogens with zero attached hydrogens (tertiary/aromatic N) is 3. The summed E-state index contributed by atoms with van der Waals surface area (Å²) in [5.74, 6) is -0.654. The van der Waals surface area contributed by atoms with E-state index < -0.39 is 5.91 Å². The quantitative estimate of drug-likeness (QED) is 0.604. The average molecular weight is 268 g/mol. The zero-order chi connectivity index (χ0) is 14.5. The molecule has 0 spiro atoms. The molecule has 0 saturated carbocycles. The molecular formula is C12H20N4O3. The van der Waals surface area contributed by atoms with Gasteiger partial charge >= 0.3 is 6.01 Å². The van der Waals surface area contributed by atoms with Crippen LogP contribution in [-0.4, -0.2) is 51.7 Å². The summed E-state index contributed by atoms with van der Waals surface area (Å²) in [6.45, 7) is 7.55. The highest BCUT2D eigenvalue weighted by atomic mass is 16.5. The van der Waals surface area contributed by atoms with Crippen LogP contribution in [-0.2, 0) is 0 Å². The predicted molar refractivity (Wildman–Crippen MR) is 69.2 cm³/mol. The molecule has 0 radical (unpaired) electrons. The fraction of sp³-hybridized carbons (Fsp3) is 0.583. The zero-order valence-electron chi connectivity index (χ0n) is 11.7. The van der Waals surface area contributed by atoms with Gasteiger partial charge in [0.15, 0.2) is 0 Å². The lowest BCUT2D eigenvalue weighted by Crippen LogP contribution is -2.40. The van der Waals surface area contributed by atoms with Gasteiger partial charge in [0, 0.05) is 24.5 Å². The minimum absolute atomic E-state index is 0.0767. The first-order valence-corrected chi connectivity index (χ1v) is 5.95. The lowest BCUT2D eigenvalue weighted by Gasteiger charge is -2.31. The van der Waals surface area contributed by atoms with Crippen LogP contribution in [0.1, 0.15) is 31.1 Å². The Kier molecular flexibility index (Phi) is 5.20. The van der Waals surface area contributed by atoms with Crippen molar-refractivity contribution in [3.63, 3.8) is 0 Å². The standard InChI is InChI=1S/C12H20N4O3/c1-12(2,3)16(4)5-6-19-11-13-7-9(8-14-11)10(17)15-18/h7-8,18H,5-6H2,1-4H3,(H,15,17). The number of ether oxygens (including phenoxy) is 1. The number of nitrogens with one attached hydrogen (secondary N) is 1. The molecule has 0 bridgehead atoms. The van der Waals surface area contributed by atoms with E-state index in [9.17, 15) is 4.79 Å². The summed E-state index contributed by atoms with van der Waals surface area (Å²) >= 11 is 0. The average Bonchev–Trinajstić information content (AvgIpc) is 2.37. The van der Waals surface area contributed by atoms with Gasteiger partial charge in [0.05, 0.1) is 5.56 Å². The summed E-state index contributed by atoms with van der Waals surface area (Å²) in [5.41, 5.74) is 1.75. The Morgan fingerprint density at radius 2 is 2.00 bits per heavy atom. The van der Waals surface area contributed by atoms with Crippen molar-refractivity contribution in [2.75, 3.05) is 20.2 Å². The molecule has 0 aliphatic rings. The SMILES string of the molecule is CN(CCOc1ncc(C(=O)NO)cn1)C(C)(C)C. The second-order valence-corrected chi connectivity index (χ2v) is 5.14. The van der Waals surface area contributed by atoms with E-state index in [0.29, 0.717) is 6.61 Å². The van der Waals surface area contributed by atoms with Gasteiger partial charge in [-0.1, -0.05) is 0 Å². The van der Waals surface area contributed by atoms with E-state index in [1.54, 1.807) is 0 Å². The highest BCUT2D eigenvalue weighted by molar-refractivity contribution is 5.92. The first-order chi connectivity index (χ1) is 8.84. The highest BCUT2D eigenvalue weighted by Crippen LogP contribution is 2.09. The van der Waals surface area contributed by atoms with Crippen molar-refractivity contribution in [3.05, 3.63) is 18.0 Å². The molecule has 2 N–H and O–H groups in total. The number of hydroxylamine groups is 1. The Morgan fingerprint density at radius 1 is 1.42 bits per heavy atom. The Balaban J connectivity index is 2.45. The Bertz CT molecular complexity index is 414. The molecule has 1 aromatic heterocycles. The lowest BCUT2D eigenvalue weighted by molar-refractivity contribution is 0.0705. The molecule has 0 saturated heterocycles. The van der Waals surface area contributed by atoms with Gasteiger partial charge < -0.3 is 4.74 Å². The first kappa shape index (κ1) is 15.3. The molecule has 19 heavy (non-hydrogen) atoms. The maximum absolute atomic E-state index is 11.0. The molecular weight excluding hydrogens is 248 g/mol. The van der Waals surface area contributed by atoms with E-state index in [1.165, 1.54) is 17.9 Å². The van der Waals surface area contributed by atoms with Crippen LogP contribution < -0.4 is 10.2 Å². The summed E-state index contributed by atoms with van der Waals surface area (Å²) in [6.07, 6.45) is 2.59. The van der Waals surface area contributed by atoms with Crippen molar-refractivity contribution >= 4 is 5.91 Å². The second-order valence-electron chi connectivity index (χ2n) is 5.14. The molecule has 0 unspecified atom stereocenters. The third kappa shape index (κ3) is 4.80. The van der Waals surface area contributed by atoms with Gasteiger partial charge in [-0.05, 0) is 27.8 Å². The number of carbonyl (C=O) groups excluding carboxylic acids is 1. The number of rotatable bonds is 5. The summed E-state index contributed by atoms with van der Waals surface area (Å²) in [7, 11) is 2.01. The fourth-order valence-electron chi connectivity index (χ4n) is 1.18. The van der Waals surface area contributed by atoms with Gasteiger partial charge in [-0.3, -0.25) is 14.9 Å². The van der Waals surface area contributed by atoms with Gasteiger partial charge in [0.2, 0.25) is 0 Å². The van der Waals surface area contributed by atoms with Gasteiger partial charge in [-0.25, -0.2) is 15.4 Å². The van der Waals surface area contributed by atoms with Crippen molar-refractivity contribution in [1.82, 2.24) is 20.3 Å². The number of likely N-dealkylation sites (N-methyl/N-ethyl adjacent to an activating group) is 1. The minimum Gasteiger partial charge on any atom is -0.462 e. The molecule has 0 atom stereocenters. The molecule has 0 aliphatic carbocycles. The maximum atomic E-state index is 11.0. The van der Waals surface area contributed by atoms with Crippen LogP contribution in [0.2, 0.25) is 0 Å². The molecule has 1 rings (SSSR count). The molecule has 1 aromatic rings. The van der Waals surface area contributed by atoms with Crippen LogP contribution in [0, 0.1) is 0 Å². The third-order valence-corrected chi connectivity index (χ3v) is 2.79.